The molecule has 4 rings (SSSR count). The van der Waals surface area contributed by atoms with E-state index in [0.29, 0.717) is 28.0 Å². The Morgan fingerprint density at radius 3 is 2.81 bits per heavy atom. The first-order valence-electron chi connectivity index (χ1n) is 10.4. The van der Waals surface area contributed by atoms with Crippen LogP contribution in [0.3, 0.4) is 0 Å². The summed E-state index contributed by atoms with van der Waals surface area (Å²) < 4.78 is 7.56. The van der Waals surface area contributed by atoms with Crippen molar-refractivity contribution in [1.82, 2.24) is 14.8 Å². The summed E-state index contributed by atoms with van der Waals surface area (Å²) in [4.78, 5) is 15.0. The Hall–Kier alpha value is -2.96. The molecule has 32 heavy (non-hydrogen) atoms. The van der Waals surface area contributed by atoms with E-state index in [1.54, 1.807) is 24.5 Å². The van der Waals surface area contributed by atoms with Gasteiger partial charge in [0.05, 0.1) is 28.6 Å². The standard InChI is InChI=1S/C22H23ClN6O2S/c1-15(20(30)25-17-8-7-16(13-24)19(23)12-17)32-22-27-26-21(28-9-3-2-4-10-28)29(22)14-18-6-5-11-31-18/h5-8,11-12,15H,2-4,9-10,14H2,1H3,(H,25,30). The number of amides is 1. The highest BCUT2D eigenvalue weighted by atomic mass is 35.5. The second kappa shape index (κ2) is 10.1. The van der Waals surface area contributed by atoms with E-state index < -0.39 is 5.25 Å². The first-order valence-corrected chi connectivity index (χ1v) is 11.7. The molecular formula is C22H23ClN6O2S. The summed E-state index contributed by atoms with van der Waals surface area (Å²) in [6.45, 7) is 4.19. The number of anilines is 2. The van der Waals surface area contributed by atoms with E-state index in [4.69, 9.17) is 21.3 Å². The van der Waals surface area contributed by atoms with Crippen LogP contribution in [-0.2, 0) is 11.3 Å². The van der Waals surface area contributed by atoms with Gasteiger partial charge in [-0.2, -0.15) is 5.26 Å². The molecule has 2 aromatic heterocycles. The zero-order valence-corrected chi connectivity index (χ0v) is 19.2. The van der Waals surface area contributed by atoms with Crippen molar-refractivity contribution in [2.45, 2.75) is 43.1 Å². The molecule has 1 amide bonds. The molecule has 1 atom stereocenters. The summed E-state index contributed by atoms with van der Waals surface area (Å²) in [6, 6.07) is 10.6. The zero-order valence-electron chi connectivity index (χ0n) is 17.6. The summed E-state index contributed by atoms with van der Waals surface area (Å²) in [5.41, 5.74) is 0.904. The minimum absolute atomic E-state index is 0.192. The van der Waals surface area contributed by atoms with Gasteiger partial charge in [-0.05, 0) is 56.5 Å². The third kappa shape index (κ3) is 5.09. The molecule has 3 heterocycles. The number of nitriles is 1. The maximum absolute atomic E-state index is 12.8. The lowest BCUT2D eigenvalue weighted by Crippen LogP contribution is -2.32. The van der Waals surface area contributed by atoms with E-state index in [1.165, 1.54) is 18.2 Å². The van der Waals surface area contributed by atoms with Crippen molar-refractivity contribution in [3.05, 3.63) is 52.9 Å². The van der Waals surface area contributed by atoms with Crippen molar-refractivity contribution in [2.75, 3.05) is 23.3 Å². The Kier molecular flexibility index (Phi) is 7.02. The molecule has 3 aromatic rings. The number of rotatable bonds is 7. The molecular weight excluding hydrogens is 448 g/mol. The average Bonchev–Trinajstić information content (AvgIpc) is 3.45. The molecule has 0 spiro atoms. The lowest BCUT2D eigenvalue weighted by Gasteiger charge is -2.27. The van der Waals surface area contributed by atoms with Crippen LogP contribution in [0.4, 0.5) is 11.6 Å². The maximum atomic E-state index is 12.8. The molecule has 1 fully saturated rings. The number of halogens is 1. The van der Waals surface area contributed by atoms with Gasteiger partial charge in [0.1, 0.15) is 11.8 Å². The van der Waals surface area contributed by atoms with Gasteiger partial charge in [-0.3, -0.25) is 9.36 Å². The van der Waals surface area contributed by atoms with Crippen LogP contribution in [0.5, 0.6) is 0 Å². The van der Waals surface area contributed by atoms with Crippen molar-refractivity contribution in [2.24, 2.45) is 0 Å². The molecule has 0 saturated carbocycles. The molecule has 10 heteroatoms. The highest BCUT2D eigenvalue weighted by molar-refractivity contribution is 8.00. The molecule has 166 valence electrons. The van der Waals surface area contributed by atoms with E-state index >= 15 is 0 Å². The minimum Gasteiger partial charge on any atom is -0.467 e. The van der Waals surface area contributed by atoms with Crippen LogP contribution in [-0.4, -0.2) is 39.0 Å². The summed E-state index contributed by atoms with van der Waals surface area (Å²) in [5.74, 6) is 1.41. The van der Waals surface area contributed by atoms with Gasteiger partial charge < -0.3 is 14.6 Å². The van der Waals surface area contributed by atoms with Gasteiger partial charge in [0.15, 0.2) is 5.16 Å². The summed E-state index contributed by atoms with van der Waals surface area (Å²) in [5, 5.41) is 21.2. The normalized spacial score (nSPS) is 14.7. The fraction of sp³-hybridized carbons (Fsp3) is 0.364. The first kappa shape index (κ1) is 22.2. The molecule has 0 radical (unpaired) electrons. The largest absolute Gasteiger partial charge is 0.467 e. The van der Waals surface area contributed by atoms with Crippen LogP contribution in [0.25, 0.3) is 0 Å². The van der Waals surface area contributed by atoms with E-state index in [9.17, 15) is 4.79 Å². The third-order valence-electron chi connectivity index (χ3n) is 5.24. The molecule has 8 nitrogen and oxygen atoms in total. The average molecular weight is 471 g/mol. The quantitative estimate of drug-likeness (QED) is 0.505. The number of carbonyl (C=O) groups excluding carboxylic acids is 1. The number of hydrogen-bond acceptors (Lipinski definition) is 7. The number of aromatic nitrogens is 3. The second-order valence-electron chi connectivity index (χ2n) is 7.55. The van der Waals surface area contributed by atoms with Gasteiger partial charge in [-0.1, -0.05) is 23.4 Å². The molecule has 1 aromatic carbocycles. The number of thioether (sulfide) groups is 1. The number of piperidine rings is 1. The number of nitrogens with one attached hydrogen (secondary N) is 1. The maximum Gasteiger partial charge on any atom is 0.237 e. The summed E-state index contributed by atoms with van der Waals surface area (Å²) in [6.07, 6.45) is 5.12. The van der Waals surface area contributed by atoms with E-state index in [-0.39, 0.29) is 5.91 Å². The predicted molar refractivity (Wildman–Crippen MR) is 124 cm³/mol. The molecule has 1 aliphatic heterocycles. The smallest absolute Gasteiger partial charge is 0.237 e. The van der Waals surface area contributed by atoms with E-state index in [0.717, 1.165) is 37.6 Å². The number of nitrogens with zero attached hydrogens (tertiary/aromatic N) is 5. The van der Waals surface area contributed by atoms with Gasteiger partial charge in [0.2, 0.25) is 11.9 Å². The first-order chi connectivity index (χ1) is 15.5. The monoisotopic (exact) mass is 470 g/mol. The Balaban J connectivity index is 1.51. The summed E-state index contributed by atoms with van der Waals surface area (Å²) >= 11 is 7.41. The Morgan fingerprint density at radius 1 is 1.31 bits per heavy atom. The minimum atomic E-state index is -0.432. The number of benzene rings is 1. The van der Waals surface area contributed by atoms with Crippen LogP contribution in [0.1, 0.15) is 37.5 Å². The lowest BCUT2D eigenvalue weighted by molar-refractivity contribution is -0.115. The van der Waals surface area contributed by atoms with Crippen molar-refractivity contribution < 1.29 is 9.21 Å². The van der Waals surface area contributed by atoms with Gasteiger partial charge in [0.25, 0.3) is 0 Å². The van der Waals surface area contributed by atoms with Gasteiger partial charge in [-0.15, -0.1) is 10.2 Å². The van der Waals surface area contributed by atoms with Crippen LogP contribution >= 0.6 is 23.4 Å². The Morgan fingerprint density at radius 2 is 2.12 bits per heavy atom. The van der Waals surface area contributed by atoms with Crippen LogP contribution in [0, 0.1) is 11.3 Å². The molecule has 1 aliphatic rings. The van der Waals surface area contributed by atoms with E-state index in [2.05, 4.69) is 20.4 Å². The topological polar surface area (TPSA) is 100.0 Å². The predicted octanol–water partition coefficient (Wildman–Crippen LogP) is 4.55. The molecule has 0 bridgehead atoms. The Labute approximate surface area is 195 Å². The van der Waals surface area contributed by atoms with Gasteiger partial charge in [0, 0.05) is 18.8 Å². The number of carbonyl (C=O) groups is 1. The van der Waals surface area contributed by atoms with E-state index in [1.807, 2.05) is 29.7 Å². The fourth-order valence-corrected chi connectivity index (χ4v) is 4.60. The van der Waals surface area contributed by atoms with Crippen molar-refractivity contribution in [3.63, 3.8) is 0 Å². The fourth-order valence-electron chi connectivity index (χ4n) is 3.53. The van der Waals surface area contributed by atoms with Crippen LogP contribution < -0.4 is 10.2 Å². The number of hydrogen-bond donors (Lipinski definition) is 1. The molecule has 0 aliphatic carbocycles. The van der Waals surface area contributed by atoms with Gasteiger partial charge in [-0.25, -0.2) is 0 Å². The molecule has 1 saturated heterocycles. The van der Waals surface area contributed by atoms with Gasteiger partial charge >= 0.3 is 0 Å². The highest BCUT2D eigenvalue weighted by Gasteiger charge is 2.24. The number of furan rings is 1. The summed E-state index contributed by atoms with van der Waals surface area (Å²) in [7, 11) is 0. The second-order valence-corrected chi connectivity index (χ2v) is 9.27. The lowest BCUT2D eigenvalue weighted by atomic mass is 10.1. The van der Waals surface area contributed by atoms with Crippen molar-refractivity contribution in [3.8, 4) is 6.07 Å². The van der Waals surface area contributed by atoms with Crippen molar-refractivity contribution in [1.29, 1.82) is 5.26 Å². The molecule has 1 N–H and O–H groups in total. The highest BCUT2D eigenvalue weighted by Crippen LogP contribution is 2.29. The van der Waals surface area contributed by atoms with Crippen LogP contribution in [0.2, 0.25) is 5.02 Å². The van der Waals surface area contributed by atoms with Crippen molar-refractivity contribution >= 4 is 40.9 Å². The third-order valence-corrected chi connectivity index (χ3v) is 6.63. The SMILES string of the molecule is CC(Sc1nnc(N2CCCCC2)n1Cc1ccco1)C(=O)Nc1ccc(C#N)c(Cl)c1. The van der Waals surface area contributed by atoms with Crippen LogP contribution in [0.15, 0.2) is 46.2 Å². The zero-order chi connectivity index (χ0) is 22.5. The molecule has 1 unspecified atom stereocenters. The Bertz CT molecular complexity index is 1120.